The highest BCUT2D eigenvalue weighted by Gasteiger charge is 2.16. The molecule has 1 aromatic carbocycles. The van der Waals surface area contributed by atoms with Crippen LogP contribution >= 0.6 is 0 Å². The predicted octanol–water partition coefficient (Wildman–Crippen LogP) is 2.78. The molecule has 1 N–H and O–H groups in total. The van der Waals surface area contributed by atoms with Gasteiger partial charge >= 0.3 is 0 Å². The molecule has 1 aromatic rings. The minimum atomic E-state index is -0.0799. The fourth-order valence-corrected chi connectivity index (χ4v) is 2.67. The van der Waals surface area contributed by atoms with Gasteiger partial charge in [-0.15, -0.1) is 0 Å². The topological polar surface area (TPSA) is 56.8 Å². The number of ether oxygens (including phenoxy) is 3. The number of hydrogen-bond acceptors (Lipinski definition) is 4. The van der Waals surface area contributed by atoms with Gasteiger partial charge in [-0.25, -0.2) is 0 Å². The van der Waals surface area contributed by atoms with E-state index in [4.69, 9.17) is 14.2 Å². The Labute approximate surface area is 131 Å². The van der Waals surface area contributed by atoms with Crippen LogP contribution in [0.4, 0.5) is 0 Å². The van der Waals surface area contributed by atoms with Gasteiger partial charge in [0, 0.05) is 23.7 Å². The Hall–Kier alpha value is -2.17. The van der Waals surface area contributed by atoms with Gasteiger partial charge in [0.05, 0.1) is 21.3 Å². The third-order valence-corrected chi connectivity index (χ3v) is 3.85. The smallest absolute Gasteiger partial charge is 0.244 e. The second kappa shape index (κ2) is 7.73. The van der Waals surface area contributed by atoms with Crippen LogP contribution < -0.4 is 19.5 Å². The van der Waals surface area contributed by atoms with Crippen LogP contribution in [0.25, 0.3) is 6.08 Å². The minimum Gasteiger partial charge on any atom is -0.496 e. The maximum absolute atomic E-state index is 12.0. The monoisotopic (exact) mass is 305 g/mol. The molecule has 5 nitrogen and oxygen atoms in total. The highest BCUT2D eigenvalue weighted by molar-refractivity contribution is 5.92. The number of benzene rings is 1. The van der Waals surface area contributed by atoms with Gasteiger partial charge in [-0.2, -0.15) is 0 Å². The molecule has 0 heterocycles. The van der Waals surface area contributed by atoms with Crippen LogP contribution in [0.3, 0.4) is 0 Å². The quantitative estimate of drug-likeness (QED) is 0.821. The molecule has 1 saturated carbocycles. The lowest BCUT2D eigenvalue weighted by molar-refractivity contribution is -0.117. The number of nitrogens with one attached hydrogen (secondary N) is 1. The lowest BCUT2D eigenvalue weighted by atomic mass is 10.1. The largest absolute Gasteiger partial charge is 0.496 e. The fraction of sp³-hybridized carbons (Fsp3) is 0.471. The number of hydrogen-bond donors (Lipinski definition) is 1. The molecule has 0 spiro atoms. The van der Waals surface area contributed by atoms with Crippen molar-refractivity contribution in [2.45, 2.75) is 31.7 Å². The first-order chi connectivity index (χ1) is 10.7. The Morgan fingerprint density at radius 1 is 1.05 bits per heavy atom. The third-order valence-electron chi connectivity index (χ3n) is 3.85. The van der Waals surface area contributed by atoms with Gasteiger partial charge in [-0.05, 0) is 25.0 Å². The van der Waals surface area contributed by atoms with Crippen molar-refractivity contribution in [2.24, 2.45) is 0 Å². The minimum absolute atomic E-state index is 0.0799. The van der Waals surface area contributed by atoms with Crippen molar-refractivity contribution in [3.8, 4) is 17.2 Å². The van der Waals surface area contributed by atoms with Crippen molar-refractivity contribution in [1.29, 1.82) is 0 Å². The molecule has 120 valence electrons. The maximum Gasteiger partial charge on any atom is 0.244 e. The second-order valence-electron chi connectivity index (χ2n) is 5.27. The van der Waals surface area contributed by atoms with E-state index in [0.29, 0.717) is 23.3 Å². The van der Waals surface area contributed by atoms with E-state index in [1.165, 1.54) is 18.9 Å². The van der Waals surface area contributed by atoms with E-state index in [1.807, 2.05) is 0 Å². The van der Waals surface area contributed by atoms with Gasteiger partial charge in [0.15, 0.2) is 11.5 Å². The number of amides is 1. The van der Waals surface area contributed by atoms with Crippen molar-refractivity contribution in [1.82, 2.24) is 5.32 Å². The molecule has 0 radical (unpaired) electrons. The summed E-state index contributed by atoms with van der Waals surface area (Å²) in [6, 6.07) is 3.84. The average Bonchev–Trinajstić information content (AvgIpc) is 3.04. The molecule has 22 heavy (non-hydrogen) atoms. The fourth-order valence-electron chi connectivity index (χ4n) is 2.67. The van der Waals surface area contributed by atoms with Crippen molar-refractivity contribution in [3.63, 3.8) is 0 Å². The zero-order chi connectivity index (χ0) is 15.9. The molecule has 1 fully saturated rings. The summed E-state index contributed by atoms with van der Waals surface area (Å²) in [4.78, 5) is 12.0. The van der Waals surface area contributed by atoms with Crippen LogP contribution in [0.2, 0.25) is 0 Å². The summed E-state index contributed by atoms with van der Waals surface area (Å²) in [6.45, 7) is 0. The van der Waals surface area contributed by atoms with Crippen molar-refractivity contribution in [3.05, 3.63) is 23.8 Å². The van der Waals surface area contributed by atoms with E-state index in [-0.39, 0.29) is 5.91 Å². The Kier molecular flexibility index (Phi) is 5.69. The van der Waals surface area contributed by atoms with E-state index in [9.17, 15) is 4.79 Å². The second-order valence-corrected chi connectivity index (χ2v) is 5.27. The summed E-state index contributed by atoms with van der Waals surface area (Å²) in [7, 11) is 4.73. The molecule has 1 aliphatic rings. The summed E-state index contributed by atoms with van der Waals surface area (Å²) in [5.74, 6) is 1.73. The molecule has 0 aliphatic heterocycles. The van der Waals surface area contributed by atoms with Gasteiger partial charge in [0.2, 0.25) is 5.91 Å². The van der Waals surface area contributed by atoms with Crippen molar-refractivity contribution >= 4 is 12.0 Å². The molecule has 0 aromatic heterocycles. The first kappa shape index (κ1) is 16.2. The Morgan fingerprint density at radius 2 is 1.64 bits per heavy atom. The molecule has 2 rings (SSSR count). The molecular formula is C17H23NO4. The summed E-state index contributed by atoms with van der Waals surface area (Å²) < 4.78 is 15.8. The summed E-state index contributed by atoms with van der Waals surface area (Å²) >= 11 is 0. The van der Waals surface area contributed by atoms with Gasteiger partial charge in [-0.1, -0.05) is 12.8 Å². The third kappa shape index (κ3) is 3.93. The number of carbonyl (C=O) groups is 1. The number of carbonyl (C=O) groups excluding carboxylic acids is 1. The maximum atomic E-state index is 12.0. The zero-order valence-electron chi connectivity index (χ0n) is 13.3. The first-order valence-electron chi connectivity index (χ1n) is 7.46. The van der Waals surface area contributed by atoms with Gasteiger partial charge in [-0.3, -0.25) is 4.79 Å². The lowest BCUT2D eigenvalue weighted by Gasteiger charge is -2.12. The Bertz CT molecular complexity index is 548. The van der Waals surface area contributed by atoms with E-state index in [0.717, 1.165) is 18.4 Å². The van der Waals surface area contributed by atoms with Crippen molar-refractivity contribution < 1.29 is 19.0 Å². The van der Waals surface area contributed by atoms with E-state index >= 15 is 0 Å². The molecule has 0 unspecified atom stereocenters. The molecule has 0 atom stereocenters. The van der Waals surface area contributed by atoms with Crippen LogP contribution in [-0.4, -0.2) is 33.3 Å². The van der Waals surface area contributed by atoms with E-state index < -0.39 is 0 Å². The van der Waals surface area contributed by atoms with Crippen LogP contribution in [-0.2, 0) is 4.79 Å². The van der Waals surface area contributed by atoms with Crippen LogP contribution in [0, 0.1) is 0 Å². The molecule has 0 bridgehead atoms. The summed E-state index contributed by atoms with van der Waals surface area (Å²) in [6.07, 6.45) is 7.78. The SMILES string of the molecule is COc1cc(OC)c(OC)cc1/C=C/C(=O)NC1CCCC1. The molecule has 5 heteroatoms. The summed E-state index contributed by atoms with van der Waals surface area (Å²) in [5.41, 5.74) is 0.765. The average molecular weight is 305 g/mol. The van der Waals surface area contributed by atoms with Gasteiger partial charge in [0.1, 0.15) is 5.75 Å². The first-order valence-corrected chi connectivity index (χ1v) is 7.46. The van der Waals surface area contributed by atoms with Crippen LogP contribution in [0.1, 0.15) is 31.2 Å². The van der Waals surface area contributed by atoms with E-state index in [2.05, 4.69) is 5.32 Å². The number of rotatable bonds is 6. The van der Waals surface area contributed by atoms with E-state index in [1.54, 1.807) is 39.5 Å². The molecule has 1 aliphatic carbocycles. The molecule has 0 saturated heterocycles. The van der Waals surface area contributed by atoms with Gasteiger partial charge < -0.3 is 19.5 Å². The Morgan fingerprint density at radius 3 is 2.23 bits per heavy atom. The normalized spacial score (nSPS) is 15.0. The Balaban J connectivity index is 2.12. The molecule has 1 amide bonds. The standard InChI is InChI=1S/C17H23NO4/c1-20-14-11-16(22-3)15(21-2)10-12(14)8-9-17(19)18-13-6-4-5-7-13/h8-11,13H,4-7H2,1-3H3,(H,18,19)/b9-8+. The predicted molar refractivity (Wildman–Crippen MR) is 85.5 cm³/mol. The van der Waals surface area contributed by atoms with Crippen LogP contribution in [0.15, 0.2) is 18.2 Å². The molecular weight excluding hydrogens is 282 g/mol. The highest BCUT2D eigenvalue weighted by Crippen LogP contribution is 2.35. The van der Waals surface area contributed by atoms with Gasteiger partial charge in [0.25, 0.3) is 0 Å². The van der Waals surface area contributed by atoms with Crippen molar-refractivity contribution in [2.75, 3.05) is 21.3 Å². The zero-order valence-corrected chi connectivity index (χ0v) is 13.3. The highest BCUT2D eigenvalue weighted by atomic mass is 16.5. The van der Waals surface area contributed by atoms with Crippen LogP contribution in [0.5, 0.6) is 17.2 Å². The summed E-state index contributed by atoms with van der Waals surface area (Å²) in [5, 5.41) is 3.02. The number of methoxy groups -OCH3 is 3. The lowest BCUT2D eigenvalue weighted by Crippen LogP contribution is -2.30.